The Kier molecular flexibility index (Phi) is 7.14. The quantitative estimate of drug-likeness (QED) is 0.277. The smallest absolute Gasteiger partial charge is 0.408 e. The van der Waals surface area contributed by atoms with Gasteiger partial charge in [0, 0.05) is 22.5 Å². The van der Waals surface area contributed by atoms with Crippen LogP contribution in [0.3, 0.4) is 0 Å². The van der Waals surface area contributed by atoms with Gasteiger partial charge in [-0.1, -0.05) is 60.7 Å². The zero-order valence-electron chi connectivity index (χ0n) is 22.4. The Labute approximate surface area is 234 Å². The van der Waals surface area contributed by atoms with Crippen LogP contribution in [0.15, 0.2) is 75.9 Å². The van der Waals surface area contributed by atoms with Crippen molar-refractivity contribution in [1.29, 1.82) is 0 Å². The van der Waals surface area contributed by atoms with E-state index in [9.17, 15) is 24.0 Å². The summed E-state index contributed by atoms with van der Waals surface area (Å²) in [4.78, 5) is 65.6. The number of rotatable bonds is 6. The molecule has 3 aromatic rings. The molecule has 2 heterocycles. The standard InChI is InChI=1S/C30H28N2O7S/c1-16-20(24(34)23(16)33)19-15-40-27-21(31-29(37)39-30(2,3)4)26(35)32(27)22(19)28(36)38-25(17-11-7-5-8-12-17)18-13-9-6-10-14-18/h5-14,21,25,27H,15H2,1-4H3,(H,31,37)/t21?,27-/m1/s1. The maximum Gasteiger partial charge on any atom is 0.408 e. The van der Waals surface area contributed by atoms with Crippen LogP contribution in [-0.4, -0.2) is 45.6 Å². The number of esters is 1. The lowest BCUT2D eigenvalue weighted by Crippen LogP contribution is -2.70. The van der Waals surface area contributed by atoms with Crippen molar-refractivity contribution in [3.63, 3.8) is 0 Å². The first-order chi connectivity index (χ1) is 19.0. The Balaban J connectivity index is 1.51. The molecule has 1 saturated heterocycles. The Hall–Kier alpha value is -4.18. The van der Waals surface area contributed by atoms with Crippen molar-refractivity contribution in [1.82, 2.24) is 10.2 Å². The summed E-state index contributed by atoms with van der Waals surface area (Å²) in [6, 6.07) is 17.4. The third-order valence-electron chi connectivity index (χ3n) is 6.71. The van der Waals surface area contributed by atoms with Crippen LogP contribution in [0, 0.1) is 6.92 Å². The number of thioether (sulfide) groups is 1. The second kappa shape index (κ2) is 10.4. The maximum absolute atomic E-state index is 13.9. The lowest BCUT2D eigenvalue weighted by Gasteiger charge is -2.49. The van der Waals surface area contributed by atoms with Crippen LogP contribution >= 0.6 is 11.8 Å². The van der Waals surface area contributed by atoms with Crippen LogP contribution < -0.4 is 16.2 Å². The van der Waals surface area contributed by atoms with Gasteiger partial charge in [-0.05, 0) is 38.8 Å². The minimum atomic E-state index is -0.933. The van der Waals surface area contributed by atoms with E-state index >= 15 is 0 Å². The molecule has 5 rings (SSSR count). The van der Waals surface area contributed by atoms with Gasteiger partial charge in [0.1, 0.15) is 22.7 Å². The first-order valence-electron chi connectivity index (χ1n) is 12.8. The molecule has 9 nitrogen and oxygen atoms in total. The molecule has 10 heteroatoms. The Morgan fingerprint density at radius 1 is 0.950 bits per heavy atom. The zero-order valence-corrected chi connectivity index (χ0v) is 23.2. The Morgan fingerprint density at radius 3 is 2.05 bits per heavy atom. The highest BCUT2D eigenvalue weighted by atomic mass is 32.2. The van der Waals surface area contributed by atoms with Gasteiger partial charge in [-0.3, -0.25) is 19.3 Å². The number of amides is 2. The average molecular weight is 561 g/mol. The van der Waals surface area contributed by atoms with E-state index < -0.39 is 51.9 Å². The summed E-state index contributed by atoms with van der Waals surface area (Å²) >= 11 is 1.28. The van der Waals surface area contributed by atoms with Crippen molar-refractivity contribution in [2.24, 2.45) is 0 Å². The summed E-state index contributed by atoms with van der Waals surface area (Å²) in [5.74, 6) is -1.19. The van der Waals surface area contributed by atoms with Gasteiger partial charge in [0.2, 0.25) is 10.9 Å². The normalized spacial score (nSPS) is 18.8. The first kappa shape index (κ1) is 27.4. The summed E-state index contributed by atoms with van der Waals surface area (Å²) in [5, 5.41) is 1.97. The minimum absolute atomic E-state index is 0.0944. The van der Waals surface area contributed by atoms with E-state index in [2.05, 4.69) is 5.32 Å². The van der Waals surface area contributed by atoms with Gasteiger partial charge in [-0.2, -0.15) is 0 Å². The molecule has 0 bridgehead atoms. The number of β-lactam (4-membered cyclic amide) rings is 1. The van der Waals surface area contributed by atoms with E-state index in [-0.39, 0.29) is 28.1 Å². The van der Waals surface area contributed by atoms with E-state index in [0.29, 0.717) is 0 Å². The molecule has 1 fully saturated rings. The number of nitrogens with zero attached hydrogens (tertiary/aromatic N) is 1. The Bertz CT molecular complexity index is 1540. The number of hydrogen-bond acceptors (Lipinski definition) is 8. The molecule has 0 radical (unpaired) electrons. The molecule has 1 unspecified atom stereocenters. The Morgan fingerprint density at radius 2 is 1.52 bits per heavy atom. The molecule has 0 aromatic heterocycles. The number of nitrogens with one attached hydrogen (secondary N) is 1. The molecule has 206 valence electrons. The minimum Gasteiger partial charge on any atom is -0.448 e. The van der Waals surface area contributed by atoms with Crippen molar-refractivity contribution in [2.45, 2.75) is 50.8 Å². The van der Waals surface area contributed by atoms with Crippen molar-refractivity contribution >= 4 is 35.3 Å². The molecule has 3 aromatic carbocycles. The molecule has 0 spiro atoms. The van der Waals surface area contributed by atoms with Crippen molar-refractivity contribution in [3.8, 4) is 0 Å². The maximum atomic E-state index is 13.9. The molecule has 0 aliphatic carbocycles. The molecular weight excluding hydrogens is 532 g/mol. The molecule has 2 atom stereocenters. The van der Waals surface area contributed by atoms with Gasteiger partial charge in [-0.15, -0.1) is 11.8 Å². The molecular formula is C30H28N2O7S. The third-order valence-corrected chi connectivity index (χ3v) is 7.99. The predicted octanol–water partition coefficient (Wildman–Crippen LogP) is 3.44. The summed E-state index contributed by atoms with van der Waals surface area (Å²) < 4.78 is 11.4. The fourth-order valence-corrected chi connectivity index (χ4v) is 6.20. The number of benzene rings is 2. The number of hydrogen-bond donors (Lipinski definition) is 1. The fraction of sp³-hybridized carbons (Fsp3) is 0.300. The van der Waals surface area contributed by atoms with Crippen molar-refractivity contribution in [2.75, 3.05) is 5.75 Å². The largest absolute Gasteiger partial charge is 0.448 e. The molecule has 2 aliphatic rings. The topological polar surface area (TPSA) is 119 Å². The monoisotopic (exact) mass is 560 g/mol. The third kappa shape index (κ3) is 4.95. The zero-order chi connectivity index (χ0) is 28.8. The van der Waals surface area contributed by atoms with Gasteiger partial charge in [0.05, 0.1) is 0 Å². The first-order valence-corrected chi connectivity index (χ1v) is 13.8. The molecule has 2 amide bonds. The summed E-state index contributed by atoms with van der Waals surface area (Å²) in [5.41, 5.74) is -0.0852. The SMILES string of the molecule is Cc1c(C2=C(C(=O)OC(c3ccccc3)c3ccccc3)N3C(=O)C(NC(=O)OC(C)(C)C)[C@H]3SC2)c(=O)c1=O. The number of carbonyl (C=O) groups excluding carboxylic acids is 3. The molecule has 0 saturated carbocycles. The second-order valence-electron chi connectivity index (χ2n) is 10.6. The number of carbonyl (C=O) groups is 3. The van der Waals surface area contributed by atoms with Crippen molar-refractivity contribution < 1.29 is 23.9 Å². The molecule has 40 heavy (non-hydrogen) atoms. The fourth-order valence-electron chi connectivity index (χ4n) is 4.85. The van der Waals surface area contributed by atoms with E-state index in [4.69, 9.17) is 9.47 Å². The van der Waals surface area contributed by atoms with Gasteiger partial charge < -0.3 is 14.8 Å². The van der Waals surface area contributed by atoms with E-state index in [0.717, 1.165) is 11.1 Å². The van der Waals surface area contributed by atoms with E-state index in [1.165, 1.54) is 23.6 Å². The highest BCUT2D eigenvalue weighted by molar-refractivity contribution is 8.00. The van der Waals surface area contributed by atoms with Crippen LogP contribution in [-0.2, 0) is 19.1 Å². The van der Waals surface area contributed by atoms with Crippen LogP contribution in [0.5, 0.6) is 0 Å². The number of alkyl carbamates (subject to hydrolysis) is 1. The predicted molar refractivity (Wildman–Crippen MR) is 150 cm³/mol. The number of fused-ring (bicyclic) bond motifs is 1. The van der Waals surface area contributed by atoms with Crippen LogP contribution in [0.1, 0.15) is 49.1 Å². The highest BCUT2D eigenvalue weighted by Gasteiger charge is 2.55. The van der Waals surface area contributed by atoms with Gasteiger partial charge in [0.15, 0.2) is 6.10 Å². The highest BCUT2D eigenvalue weighted by Crippen LogP contribution is 2.44. The van der Waals surface area contributed by atoms with Gasteiger partial charge >= 0.3 is 12.1 Å². The summed E-state index contributed by atoms with van der Waals surface area (Å²) in [6.07, 6.45) is -1.55. The summed E-state index contributed by atoms with van der Waals surface area (Å²) in [7, 11) is 0. The lowest BCUT2D eigenvalue weighted by atomic mass is 9.92. The summed E-state index contributed by atoms with van der Waals surface area (Å²) in [6.45, 7) is 6.65. The lowest BCUT2D eigenvalue weighted by molar-refractivity contribution is -0.153. The average Bonchev–Trinajstić information content (AvgIpc) is 2.94. The van der Waals surface area contributed by atoms with E-state index in [1.54, 1.807) is 20.8 Å². The van der Waals surface area contributed by atoms with Crippen LogP contribution in [0.2, 0.25) is 0 Å². The van der Waals surface area contributed by atoms with Gasteiger partial charge in [0.25, 0.3) is 5.91 Å². The van der Waals surface area contributed by atoms with E-state index in [1.807, 2.05) is 60.7 Å². The van der Waals surface area contributed by atoms with Crippen molar-refractivity contribution in [3.05, 3.63) is 109 Å². The second-order valence-corrected chi connectivity index (χ2v) is 11.7. The van der Waals surface area contributed by atoms with Crippen LogP contribution in [0.25, 0.3) is 5.57 Å². The molecule has 2 aliphatic heterocycles. The van der Waals surface area contributed by atoms with Crippen LogP contribution in [0.4, 0.5) is 4.79 Å². The van der Waals surface area contributed by atoms with Gasteiger partial charge in [-0.25, -0.2) is 9.59 Å². The molecule has 1 N–H and O–H groups in total. The number of ether oxygens (including phenoxy) is 2.